The third-order valence-corrected chi connectivity index (χ3v) is 4.63. The van der Waals surface area contributed by atoms with Crippen LogP contribution >= 0.6 is 0 Å². The molecule has 7 heteroatoms. The number of amides is 1. The van der Waals surface area contributed by atoms with Gasteiger partial charge in [-0.15, -0.1) is 0 Å². The Morgan fingerprint density at radius 3 is 2.97 bits per heavy atom. The second kappa shape index (κ2) is 7.81. The van der Waals surface area contributed by atoms with Gasteiger partial charge < -0.3 is 19.6 Å². The zero-order valence-corrected chi connectivity index (χ0v) is 16.1. The van der Waals surface area contributed by atoms with Crippen molar-refractivity contribution < 1.29 is 19.1 Å². The number of hydrogen-bond acceptors (Lipinski definition) is 5. The monoisotopic (exact) mass is 391 g/mol. The number of nitrogens with zero attached hydrogens (tertiary/aromatic N) is 1. The number of methoxy groups -OCH3 is 1. The molecule has 4 aromatic rings. The second-order valence-corrected chi connectivity index (χ2v) is 6.79. The van der Waals surface area contributed by atoms with Crippen molar-refractivity contribution in [2.24, 2.45) is 0 Å². The first kappa shape index (κ1) is 18.8. The first-order valence-electron chi connectivity index (χ1n) is 9.23. The number of nitrogens with one attached hydrogen (secondary N) is 2. The summed E-state index contributed by atoms with van der Waals surface area (Å²) in [6.45, 7) is 1.77. The topological polar surface area (TPSA) is 100 Å². The zero-order valence-electron chi connectivity index (χ0n) is 16.1. The smallest absolute Gasteiger partial charge is 0.255 e. The van der Waals surface area contributed by atoms with Gasteiger partial charge in [0.05, 0.1) is 41.6 Å². The molecule has 0 saturated heterocycles. The van der Waals surface area contributed by atoms with E-state index in [1.807, 2.05) is 36.4 Å². The highest BCUT2D eigenvalue weighted by molar-refractivity contribution is 6.05. The number of aliphatic hydroxyl groups is 1. The number of carbonyl (C=O) groups is 1. The van der Waals surface area contributed by atoms with E-state index in [-0.39, 0.29) is 12.5 Å². The van der Waals surface area contributed by atoms with Crippen LogP contribution in [-0.2, 0) is 0 Å². The SMILES string of the molecule is COc1c(C(=O)NCC(C)O)ccc2[nH]nc(C=Cc3ccc4occc4c3)c12. The maximum atomic E-state index is 12.5. The van der Waals surface area contributed by atoms with Gasteiger partial charge in [0.25, 0.3) is 5.91 Å². The molecular formula is C22H21N3O4. The van der Waals surface area contributed by atoms with Crippen LogP contribution in [0.25, 0.3) is 34.0 Å². The van der Waals surface area contributed by atoms with Gasteiger partial charge in [-0.05, 0) is 48.9 Å². The molecule has 2 heterocycles. The van der Waals surface area contributed by atoms with E-state index in [1.54, 1.807) is 25.3 Å². The van der Waals surface area contributed by atoms with Crippen LogP contribution in [0.4, 0.5) is 0 Å². The molecule has 0 aliphatic heterocycles. The third kappa shape index (κ3) is 3.72. The Bertz CT molecular complexity index is 1200. The highest BCUT2D eigenvalue weighted by atomic mass is 16.5. The van der Waals surface area contributed by atoms with Crippen molar-refractivity contribution in [3.8, 4) is 5.75 Å². The van der Waals surface area contributed by atoms with Crippen molar-refractivity contribution in [1.82, 2.24) is 15.5 Å². The van der Waals surface area contributed by atoms with Crippen LogP contribution in [0.5, 0.6) is 5.75 Å². The second-order valence-electron chi connectivity index (χ2n) is 6.79. The van der Waals surface area contributed by atoms with Gasteiger partial charge in [-0.2, -0.15) is 5.10 Å². The number of H-pyrrole nitrogens is 1. The fourth-order valence-corrected chi connectivity index (χ4v) is 3.22. The molecule has 29 heavy (non-hydrogen) atoms. The summed E-state index contributed by atoms with van der Waals surface area (Å²) in [5.41, 5.74) is 3.64. The predicted octanol–water partition coefficient (Wildman–Crippen LogP) is 3.60. The van der Waals surface area contributed by atoms with E-state index in [2.05, 4.69) is 15.5 Å². The highest BCUT2D eigenvalue weighted by Gasteiger charge is 2.19. The molecule has 1 unspecified atom stereocenters. The maximum Gasteiger partial charge on any atom is 0.255 e. The zero-order chi connectivity index (χ0) is 20.4. The van der Waals surface area contributed by atoms with Gasteiger partial charge >= 0.3 is 0 Å². The Balaban J connectivity index is 1.70. The number of aromatic amines is 1. The van der Waals surface area contributed by atoms with Gasteiger partial charge in [0.1, 0.15) is 11.3 Å². The number of ether oxygens (including phenoxy) is 1. The van der Waals surface area contributed by atoms with Gasteiger partial charge in [0, 0.05) is 11.9 Å². The lowest BCUT2D eigenvalue weighted by atomic mass is 10.1. The molecule has 0 bridgehead atoms. The molecule has 0 radical (unpaired) electrons. The Kier molecular flexibility index (Phi) is 5.05. The van der Waals surface area contributed by atoms with E-state index in [9.17, 15) is 9.90 Å². The molecule has 0 spiro atoms. The number of furan rings is 1. The van der Waals surface area contributed by atoms with E-state index in [0.29, 0.717) is 17.0 Å². The van der Waals surface area contributed by atoms with Crippen LogP contribution in [0, 0.1) is 0 Å². The Morgan fingerprint density at radius 2 is 2.17 bits per heavy atom. The van der Waals surface area contributed by atoms with Crippen molar-refractivity contribution in [2.75, 3.05) is 13.7 Å². The minimum Gasteiger partial charge on any atom is -0.495 e. The quantitative estimate of drug-likeness (QED) is 0.466. The number of fused-ring (bicyclic) bond motifs is 2. The summed E-state index contributed by atoms with van der Waals surface area (Å²) >= 11 is 0. The number of aliphatic hydroxyl groups excluding tert-OH is 1. The lowest BCUT2D eigenvalue weighted by Crippen LogP contribution is -2.30. The minimum atomic E-state index is -0.631. The van der Waals surface area contributed by atoms with Crippen LogP contribution < -0.4 is 10.1 Å². The number of rotatable bonds is 6. The van der Waals surface area contributed by atoms with Gasteiger partial charge in [-0.25, -0.2) is 0 Å². The number of carbonyl (C=O) groups excluding carboxylic acids is 1. The molecule has 0 fully saturated rings. The molecule has 2 aromatic carbocycles. The summed E-state index contributed by atoms with van der Waals surface area (Å²) < 4.78 is 10.9. The Morgan fingerprint density at radius 1 is 1.31 bits per heavy atom. The molecule has 1 amide bonds. The van der Waals surface area contributed by atoms with Gasteiger partial charge in [0.15, 0.2) is 0 Å². The molecule has 2 aromatic heterocycles. The number of benzene rings is 2. The van der Waals surface area contributed by atoms with Crippen LogP contribution in [0.2, 0.25) is 0 Å². The highest BCUT2D eigenvalue weighted by Crippen LogP contribution is 2.32. The first-order valence-corrected chi connectivity index (χ1v) is 9.23. The van der Waals surface area contributed by atoms with Crippen molar-refractivity contribution in [2.45, 2.75) is 13.0 Å². The van der Waals surface area contributed by atoms with E-state index >= 15 is 0 Å². The summed E-state index contributed by atoms with van der Waals surface area (Å²) in [7, 11) is 1.52. The maximum absolute atomic E-state index is 12.5. The normalized spacial score (nSPS) is 12.7. The summed E-state index contributed by atoms with van der Waals surface area (Å²) in [6, 6.07) is 11.3. The summed E-state index contributed by atoms with van der Waals surface area (Å²) in [5.74, 6) is 0.121. The molecule has 7 nitrogen and oxygen atoms in total. The van der Waals surface area contributed by atoms with E-state index in [4.69, 9.17) is 9.15 Å². The van der Waals surface area contributed by atoms with Crippen LogP contribution in [0.1, 0.15) is 28.5 Å². The van der Waals surface area contributed by atoms with E-state index in [0.717, 1.165) is 27.4 Å². The minimum absolute atomic E-state index is 0.161. The number of aromatic nitrogens is 2. The molecule has 3 N–H and O–H groups in total. The van der Waals surface area contributed by atoms with Crippen LogP contribution in [-0.4, -0.2) is 41.0 Å². The molecule has 0 saturated carbocycles. The van der Waals surface area contributed by atoms with Gasteiger partial charge in [0.2, 0.25) is 0 Å². The third-order valence-electron chi connectivity index (χ3n) is 4.63. The lowest BCUT2D eigenvalue weighted by molar-refractivity contribution is 0.0921. The van der Waals surface area contributed by atoms with Gasteiger partial charge in [-0.3, -0.25) is 9.89 Å². The molecule has 1 atom stereocenters. The first-order chi connectivity index (χ1) is 14.1. The standard InChI is InChI=1S/C22H21N3O4/c1-13(26)12-23-22(27)16-5-7-18-20(21(16)28-2)17(24-25-18)6-3-14-4-8-19-15(11-14)9-10-29-19/h3-11,13,26H,12H2,1-2H3,(H,23,27)(H,24,25). The summed E-state index contributed by atoms with van der Waals surface area (Å²) in [4.78, 5) is 12.5. The van der Waals surface area contributed by atoms with E-state index < -0.39 is 6.10 Å². The largest absolute Gasteiger partial charge is 0.495 e. The Labute approximate surface area is 167 Å². The molecule has 4 rings (SSSR count). The predicted molar refractivity (Wildman–Crippen MR) is 112 cm³/mol. The van der Waals surface area contributed by atoms with Crippen LogP contribution in [0.15, 0.2) is 47.1 Å². The average Bonchev–Trinajstić information content (AvgIpc) is 3.35. The Hall–Kier alpha value is -3.58. The number of hydrogen-bond donors (Lipinski definition) is 3. The van der Waals surface area contributed by atoms with Crippen molar-refractivity contribution >= 4 is 39.9 Å². The molecular weight excluding hydrogens is 370 g/mol. The van der Waals surface area contributed by atoms with Crippen molar-refractivity contribution in [1.29, 1.82) is 0 Å². The summed E-state index contributed by atoms with van der Waals surface area (Å²) in [5, 5.41) is 21.2. The van der Waals surface area contributed by atoms with Crippen LogP contribution in [0.3, 0.4) is 0 Å². The fraction of sp³-hybridized carbons (Fsp3) is 0.182. The van der Waals surface area contributed by atoms with E-state index in [1.165, 1.54) is 7.11 Å². The average molecular weight is 391 g/mol. The molecule has 148 valence electrons. The van der Waals surface area contributed by atoms with Gasteiger partial charge in [-0.1, -0.05) is 12.1 Å². The van der Waals surface area contributed by atoms with Crippen molar-refractivity contribution in [3.63, 3.8) is 0 Å². The fourth-order valence-electron chi connectivity index (χ4n) is 3.22. The van der Waals surface area contributed by atoms with Crippen molar-refractivity contribution in [3.05, 3.63) is 59.5 Å². The lowest BCUT2D eigenvalue weighted by Gasteiger charge is -2.11. The molecule has 0 aliphatic rings. The summed E-state index contributed by atoms with van der Waals surface area (Å²) in [6.07, 6.45) is 4.85. The molecule has 0 aliphatic carbocycles.